The van der Waals surface area contributed by atoms with Gasteiger partial charge >= 0.3 is 6.36 Å². The van der Waals surface area contributed by atoms with Crippen LogP contribution in [0, 0.1) is 11.6 Å². The summed E-state index contributed by atoms with van der Waals surface area (Å²) in [6.45, 7) is 6.45. The summed E-state index contributed by atoms with van der Waals surface area (Å²) >= 11 is 0. The number of halogens is 5. The number of alkyl halides is 3. The molecular weight excluding hydrogens is 539 g/mol. The molecule has 0 saturated carbocycles. The maximum atomic E-state index is 14.3. The molecule has 0 saturated heterocycles. The first kappa shape index (κ1) is 28.7. The van der Waals surface area contributed by atoms with Crippen molar-refractivity contribution in [2.24, 2.45) is 0 Å². The van der Waals surface area contributed by atoms with Crippen LogP contribution in [0.5, 0.6) is 5.75 Å². The van der Waals surface area contributed by atoms with Gasteiger partial charge in [-0.25, -0.2) is 13.3 Å². The summed E-state index contributed by atoms with van der Waals surface area (Å²) in [6.07, 6.45) is -3.80. The van der Waals surface area contributed by atoms with Crippen LogP contribution in [0.15, 0.2) is 53.5 Å². The van der Waals surface area contributed by atoms with Crippen LogP contribution in [0.1, 0.15) is 61.1 Å². The average molecular weight is 565 g/mol. The molecule has 0 radical (unpaired) electrons. The Labute approximate surface area is 224 Å². The van der Waals surface area contributed by atoms with E-state index in [2.05, 4.69) is 20.1 Å². The summed E-state index contributed by atoms with van der Waals surface area (Å²) in [6, 6.07) is 6.87. The van der Waals surface area contributed by atoms with Crippen molar-refractivity contribution in [3.63, 3.8) is 0 Å². The lowest BCUT2D eigenvalue weighted by molar-refractivity contribution is -0.275. The van der Waals surface area contributed by atoms with Gasteiger partial charge in [0.1, 0.15) is 11.3 Å². The Balaban J connectivity index is 1.76. The fourth-order valence-corrected chi connectivity index (χ4v) is 4.39. The minimum absolute atomic E-state index is 0.0305. The Morgan fingerprint density at radius 3 is 2.30 bits per heavy atom. The highest BCUT2D eigenvalue weighted by Crippen LogP contribution is 2.31. The zero-order valence-electron chi connectivity index (χ0n) is 21.7. The highest BCUT2D eigenvalue weighted by Gasteiger charge is 2.33. The van der Waals surface area contributed by atoms with Crippen molar-refractivity contribution in [3.8, 4) is 17.1 Å². The number of nitrogens with one attached hydrogen (secondary N) is 2. The molecule has 0 aliphatic heterocycles. The molecule has 4 rings (SSSR count). The zero-order valence-corrected chi connectivity index (χ0v) is 21.7. The van der Waals surface area contributed by atoms with Gasteiger partial charge in [-0.1, -0.05) is 26.0 Å². The lowest BCUT2D eigenvalue weighted by atomic mass is 9.91. The third-order valence-electron chi connectivity index (χ3n) is 6.12. The minimum atomic E-state index is -5.09. The number of carbonyl (C=O) groups is 1. The molecule has 4 aromatic rings. The third kappa shape index (κ3) is 5.98. The Kier molecular flexibility index (Phi) is 7.45. The van der Waals surface area contributed by atoms with Gasteiger partial charge in [0, 0.05) is 17.3 Å². The average Bonchev–Trinajstić information content (AvgIpc) is 3.23. The van der Waals surface area contributed by atoms with E-state index >= 15 is 0 Å². The van der Waals surface area contributed by atoms with Crippen molar-refractivity contribution in [2.75, 3.05) is 0 Å². The number of carbonyl (C=O) groups excluding carboxylic acids is 1. The molecule has 3 N–H and O–H groups in total. The molecule has 40 heavy (non-hydrogen) atoms. The Morgan fingerprint density at radius 2 is 1.75 bits per heavy atom. The van der Waals surface area contributed by atoms with E-state index in [1.54, 1.807) is 13.8 Å². The second-order valence-electron chi connectivity index (χ2n) is 10.0. The smallest absolute Gasteiger partial charge is 0.403 e. The highest BCUT2D eigenvalue weighted by atomic mass is 19.4. The molecule has 0 unspecified atom stereocenters. The minimum Gasteiger partial charge on any atom is -0.403 e. The van der Waals surface area contributed by atoms with E-state index in [1.165, 1.54) is 44.3 Å². The van der Waals surface area contributed by atoms with Gasteiger partial charge in [0.25, 0.3) is 11.5 Å². The van der Waals surface area contributed by atoms with Gasteiger partial charge in [-0.15, -0.1) is 18.3 Å². The molecule has 1 atom stereocenters. The normalized spacial score (nSPS) is 13.1. The number of fused-ring (bicyclic) bond motifs is 1. The summed E-state index contributed by atoms with van der Waals surface area (Å²) in [7, 11) is 0. The van der Waals surface area contributed by atoms with Crippen LogP contribution in [-0.4, -0.2) is 37.6 Å². The largest absolute Gasteiger partial charge is 0.573 e. The number of aromatic nitrogens is 3. The van der Waals surface area contributed by atoms with Crippen LogP contribution in [0.25, 0.3) is 16.9 Å². The third-order valence-corrected chi connectivity index (χ3v) is 6.12. The number of nitrogens with zero attached hydrogens (tertiary/aromatic N) is 2. The fourth-order valence-electron chi connectivity index (χ4n) is 4.39. The number of H-pyrrole nitrogens is 1. The van der Waals surface area contributed by atoms with E-state index in [0.29, 0.717) is 11.1 Å². The maximum Gasteiger partial charge on any atom is 0.573 e. The number of benzene rings is 2. The molecule has 0 bridgehead atoms. The Bertz CT molecular complexity index is 1620. The van der Waals surface area contributed by atoms with E-state index < -0.39 is 46.9 Å². The molecule has 2 heterocycles. The maximum absolute atomic E-state index is 14.3. The molecule has 1 amide bonds. The Hall–Kier alpha value is -4.26. The zero-order chi connectivity index (χ0) is 29.6. The summed E-state index contributed by atoms with van der Waals surface area (Å²) < 4.78 is 70.0. The van der Waals surface area contributed by atoms with Crippen LogP contribution in [0.2, 0.25) is 0 Å². The molecule has 0 aliphatic rings. The Morgan fingerprint density at radius 1 is 1.10 bits per heavy atom. The number of aromatic amines is 1. The quantitative estimate of drug-likeness (QED) is 0.267. The number of rotatable bonds is 7. The monoisotopic (exact) mass is 564 g/mol. The van der Waals surface area contributed by atoms with Crippen LogP contribution in [0.3, 0.4) is 0 Å². The predicted molar refractivity (Wildman–Crippen MR) is 135 cm³/mol. The summed E-state index contributed by atoms with van der Waals surface area (Å²) in [5.41, 5.74) is -1.30. The van der Waals surface area contributed by atoms with Crippen molar-refractivity contribution >= 4 is 11.4 Å². The molecule has 2 aromatic heterocycles. The standard InChI is InChI=1S/C27H25F5N4O4/c1-13(2)20-17(24(37)33-22(26(3,4)39)14-5-8-16(28)9-6-14)12-36-21(20)25(38)34-23(35-36)15-7-10-19(18(29)11-15)40-27(30,31)32/h5-13,22,39H,1-4H3,(H,33,37)(H,34,35,38)/t22-/m0/s1. The number of amides is 1. The summed E-state index contributed by atoms with van der Waals surface area (Å²) in [5, 5.41) is 17.7. The predicted octanol–water partition coefficient (Wildman–Crippen LogP) is 5.23. The second kappa shape index (κ2) is 10.4. The molecular formula is C27H25F5N4O4. The summed E-state index contributed by atoms with van der Waals surface area (Å²) in [4.78, 5) is 29.1. The van der Waals surface area contributed by atoms with E-state index in [4.69, 9.17) is 0 Å². The lowest BCUT2D eigenvalue weighted by Gasteiger charge is -2.30. The molecule has 13 heteroatoms. The van der Waals surface area contributed by atoms with Gasteiger partial charge in [0.2, 0.25) is 0 Å². The molecule has 0 aliphatic carbocycles. The molecule has 212 valence electrons. The SMILES string of the molecule is CC(C)c1c(C(=O)N[C@@H](c2ccc(F)cc2)C(C)(C)O)cn2nc(-c3ccc(OC(F)(F)F)c(F)c3)[nH]c(=O)c12. The van der Waals surface area contributed by atoms with Crippen molar-refractivity contribution in [1.29, 1.82) is 0 Å². The molecule has 0 fully saturated rings. The molecule has 2 aromatic carbocycles. The van der Waals surface area contributed by atoms with Gasteiger partial charge in [-0.2, -0.15) is 0 Å². The van der Waals surface area contributed by atoms with Crippen LogP contribution in [0.4, 0.5) is 22.0 Å². The van der Waals surface area contributed by atoms with E-state index in [0.717, 1.165) is 22.7 Å². The first-order chi connectivity index (χ1) is 18.5. The number of hydrogen-bond acceptors (Lipinski definition) is 5. The van der Waals surface area contributed by atoms with Gasteiger partial charge < -0.3 is 20.1 Å². The van der Waals surface area contributed by atoms with E-state index in [9.17, 15) is 36.6 Å². The number of hydrogen-bond donors (Lipinski definition) is 3. The fraction of sp³-hybridized carbons (Fsp3) is 0.296. The van der Waals surface area contributed by atoms with Crippen molar-refractivity contribution in [2.45, 2.75) is 51.6 Å². The number of aliphatic hydroxyl groups is 1. The second-order valence-corrected chi connectivity index (χ2v) is 10.0. The lowest BCUT2D eigenvalue weighted by Crippen LogP contribution is -2.42. The molecule has 0 spiro atoms. The topological polar surface area (TPSA) is 109 Å². The highest BCUT2D eigenvalue weighted by molar-refractivity contribution is 5.98. The van der Waals surface area contributed by atoms with Gasteiger partial charge in [-0.05, 0) is 55.7 Å². The van der Waals surface area contributed by atoms with Crippen molar-refractivity contribution in [1.82, 2.24) is 19.9 Å². The van der Waals surface area contributed by atoms with Gasteiger partial charge in [-0.3, -0.25) is 9.59 Å². The molecule has 8 nitrogen and oxygen atoms in total. The van der Waals surface area contributed by atoms with E-state index in [-0.39, 0.29) is 28.4 Å². The summed E-state index contributed by atoms with van der Waals surface area (Å²) in [5.74, 6) is -4.04. The first-order valence-corrected chi connectivity index (χ1v) is 12.0. The van der Waals surface area contributed by atoms with Crippen molar-refractivity contribution in [3.05, 3.63) is 87.3 Å². The van der Waals surface area contributed by atoms with Crippen LogP contribution < -0.4 is 15.6 Å². The van der Waals surface area contributed by atoms with E-state index in [1.807, 2.05) is 0 Å². The van der Waals surface area contributed by atoms with Crippen LogP contribution in [-0.2, 0) is 0 Å². The first-order valence-electron chi connectivity index (χ1n) is 12.0. The van der Waals surface area contributed by atoms with Crippen LogP contribution >= 0.6 is 0 Å². The van der Waals surface area contributed by atoms with Crippen molar-refractivity contribution < 1.29 is 36.6 Å². The van der Waals surface area contributed by atoms with Gasteiger partial charge in [0.05, 0.1) is 17.2 Å². The number of ether oxygens (including phenoxy) is 1. The van der Waals surface area contributed by atoms with Gasteiger partial charge in [0.15, 0.2) is 17.4 Å².